The number of hydrogen-bond acceptors (Lipinski definition) is 3. The lowest BCUT2D eigenvalue weighted by Crippen LogP contribution is -2.40. The first-order valence-corrected chi connectivity index (χ1v) is 8.83. The second kappa shape index (κ2) is 8.83. The van der Waals surface area contributed by atoms with Crippen molar-refractivity contribution < 1.29 is 14.7 Å². The van der Waals surface area contributed by atoms with Gasteiger partial charge >= 0.3 is 0 Å². The van der Waals surface area contributed by atoms with Crippen molar-refractivity contribution in [1.82, 2.24) is 10.2 Å². The van der Waals surface area contributed by atoms with E-state index in [9.17, 15) is 14.7 Å². The number of carbonyl (C=O) groups is 2. The van der Waals surface area contributed by atoms with Crippen LogP contribution in [0, 0.1) is 0 Å². The molecule has 24 heavy (non-hydrogen) atoms. The number of aliphatic hydroxyl groups is 1. The van der Waals surface area contributed by atoms with Crippen molar-refractivity contribution >= 4 is 11.8 Å². The highest BCUT2D eigenvalue weighted by Gasteiger charge is 2.21. The number of benzene rings is 1. The van der Waals surface area contributed by atoms with Gasteiger partial charge in [-0.15, -0.1) is 0 Å². The summed E-state index contributed by atoms with van der Waals surface area (Å²) in [5.74, 6) is -0.107. The molecule has 0 bridgehead atoms. The lowest BCUT2D eigenvalue weighted by Gasteiger charge is -2.29. The molecule has 2 amide bonds. The van der Waals surface area contributed by atoms with Gasteiger partial charge in [-0.05, 0) is 37.3 Å². The average Bonchev–Trinajstić information content (AvgIpc) is 2.60. The lowest BCUT2D eigenvalue weighted by atomic mass is 10.0. The number of piperidine rings is 1. The van der Waals surface area contributed by atoms with Gasteiger partial charge < -0.3 is 15.3 Å². The largest absolute Gasteiger partial charge is 0.393 e. The Hall–Kier alpha value is -1.88. The zero-order chi connectivity index (χ0) is 17.5. The molecular weight excluding hydrogens is 304 g/mol. The maximum Gasteiger partial charge on any atom is 0.223 e. The van der Waals surface area contributed by atoms with Crippen LogP contribution in [-0.2, 0) is 16.0 Å². The monoisotopic (exact) mass is 332 g/mol. The Morgan fingerprint density at radius 2 is 1.83 bits per heavy atom. The standard InChI is InChI=1S/C19H28N2O3/c1-3-15-4-6-16(7-5-15)14(2)20-18(23)8-9-19(24)21-12-10-17(22)11-13-21/h4-7,14,17,22H,3,8-13H2,1-2H3,(H,20,23). The molecule has 1 aromatic carbocycles. The average molecular weight is 332 g/mol. The maximum absolute atomic E-state index is 12.1. The number of nitrogens with one attached hydrogen (secondary N) is 1. The second-order valence-corrected chi connectivity index (χ2v) is 6.50. The van der Waals surface area contributed by atoms with Crippen LogP contribution in [0.25, 0.3) is 0 Å². The van der Waals surface area contributed by atoms with Crippen molar-refractivity contribution in [3.05, 3.63) is 35.4 Å². The van der Waals surface area contributed by atoms with Gasteiger partial charge in [0.05, 0.1) is 12.1 Å². The molecule has 1 unspecified atom stereocenters. The van der Waals surface area contributed by atoms with Crippen LogP contribution in [0.2, 0.25) is 0 Å². The minimum Gasteiger partial charge on any atom is -0.393 e. The molecule has 0 aliphatic carbocycles. The van der Waals surface area contributed by atoms with Crippen molar-refractivity contribution in [1.29, 1.82) is 0 Å². The van der Waals surface area contributed by atoms with Gasteiger partial charge in [-0.2, -0.15) is 0 Å². The van der Waals surface area contributed by atoms with Crippen LogP contribution in [0.1, 0.15) is 56.7 Å². The van der Waals surface area contributed by atoms with E-state index in [1.54, 1.807) is 4.90 Å². The summed E-state index contributed by atoms with van der Waals surface area (Å²) in [6.45, 7) is 5.23. The highest BCUT2D eigenvalue weighted by Crippen LogP contribution is 2.15. The van der Waals surface area contributed by atoms with Gasteiger partial charge in [-0.3, -0.25) is 9.59 Å². The van der Waals surface area contributed by atoms with Crippen molar-refractivity contribution in [3.8, 4) is 0 Å². The Bertz CT molecular complexity index is 548. The van der Waals surface area contributed by atoms with Crippen molar-refractivity contribution in [3.63, 3.8) is 0 Å². The molecule has 0 saturated carbocycles. The van der Waals surface area contributed by atoms with Crippen molar-refractivity contribution in [2.75, 3.05) is 13.1 Å². The van der Waals surface area contributed by atoms with Crippen LogP contribution in [0.5, 0.6) is 0 Å². The zero-order valence-electron chi connectivity index (χ0n) is 14.6. The van der Waals surface area contributed by atoms with E-state index in [4.69, 9.17) is 0 Å². The van der Waals surface area contributed by atoms with Gasteiger partial charge in [0.1, 0.15) is 0 Å². The molecule has 0 aromatic heterocycles. The first-order valence-electron chi connectivity index (χ1n) is 8.83. The minimum atomic E-state index is -0.294. The molecule has 5 nitrogen and oxygen atoms in total. The number of amides is 2. The van der Waals surface area contributed by atoms with Gasteiger partial charge in [0.2, 0.25) is 11.8 Å². The number of likely N-dealkylation sites (tertiary alicyclic amines) is 1. The smallest absolute Gasteiger partial charge is 0.223 e. The third-order valence-corrected chi connectivity index (χ3v) is 4.65. The molecule has 132 valence electrons. The Morgan fingerprint density at radius 1 is 1.21 bits per heavy atom. The molecule has 1 atom stereocenters. The summed E-state index contributed by atoms with van der Waals surface area (Å²) in [6, 6.07) is 8.16. The van der Waals surface area contributed by atoms with Crippen LogP contribution in [0.15, 0.2) is 24.3 Å². The molecule has 1 saturated heterocycles. The van der Waals surface area contributed by atoms with Crippen molar-refractivity contribution in [2.24, 2.45) is 0 Å². The SMILES string of the molecule is CCc1ccc(C(C)NC(=O)CCC(=O)N2CCC(O)CC2)cc1. The number of nitrogens with zero attached hydrogens (tertiary/aromatic N) is 1. The normalized spacial score (nSPS) is 16.7. The first kappa shape index (κ1) is 18.5. The summed E-state index contributed by atoms with van der Waals surface area (Å²) in [7, 11) is 0. The van der Waals surface area contributed by atoms with Gasteiger partial charge in [0.25, 0.3) is 0 Å². The van der Waals surface area contributed by atoms with Crippen LogP contribution < -0.4 is 5.32 Å². The van der Waals surface area contributed by atoms with Crippen LogP contribution in [0.4, 0.5) is 0 Å². The summed E-state index contributed by atoms with van der Waals surface area (Å²) < 4.78 is 0. The molecule has 2 rings (SSSR count). The quantitative estimate of drug-likeness (QED) is 0.839. The van der Waals surface area contributed by atoms with Crippen LogP contribution in [0.3, 0.4) is 0 Å². The molecule has 1 fully saturated rings. The van der Waals surface area contributed by atoms with Crippen LogP contribution >= 0.6 is 0 Å². The van der Waals surface area contributed by atoms with Gasteiger partial charge in [0.15, 0.2) is 0 Å². The number of carbonyl (C=O) groups excluding carboxylic acids is 2. The highest BCUT2D eigenvalue weighted by atomic mass is 16.3. The Labute approximate surface area is 144 Å². The molecule has 0 radical (unpaired) electrons. The summed E-state index contributed by atoms with van der Waals surface area (Å²) >= 11 is 0. The number of rotatable bonds is 6. The summed E-state index contributed by atoms with van der Waals surface area (Å²) in [5.41, 5.74) is 2.34. The summed E-state index contributed by atoms with van der Waals surface area (Å²) in [6.07, 6.45) is 2.39. The van der Waals surface area contributed by atoms with Crippen molar-refractivity contribution in [2.45, 2.75) is 58.1 Å². The topological polar surface area (TPSA) is 69.6 Å². The number of aliphatic hydroxyl groups excluding tert-OH is 1. The number of aryl methyl sites for hydroxylation is 1. The van der Waals surface area contributed by atoms with E-state index in [2.05, 4.69) is 24.4 Å². The Morgan fingerprint density at radius 3 is 2.42 bits per heavy atom. The molecule has 1 aliphatic rings. The van der Waals surface area contributed by atoms with E-state index in [0.717, 1.165) is 12.0 Å². The third kappa shape index (κ3) is 5.34. The van der Waals surface area contributed by atoms with Gasteiger partial charge in [-0.25, -0.2) is 0 Å². The molecule has 1 heterocycles. The molecule has 0 spiro atoms. The fourth-order valence-electron chi connectivity index (χ4n) is 2.93. The van der Waals surface area contributed by atoms with E-state index in [1.165, 1.54) is 5.56 Å². The predicted molar refractivity (Wildman–Crippen MR) is 93.4 cm³/mol. The Kier molecular flexibility index (Phi) is 6.79. The molecular formula is C19H28N2O3. The second-order valence-electron chi connectivity index (χ2n) is 6.50. The van der Waals surface area contributed by atoms with Gasteiger partial charge in [0, 0.05) is 25.9 Å². The molecule has 2 N–H and O–H groups in total. The van der Waals surface area contributed by atoms with E-state index in [0.29, 0.717) is 25.9 Å². The van der Waals surface area contributed by atoms with E-state index in [-0.39, 0.29) is 36.8 Å². The maximum atomic E-state index is 12.1. The lowest BCUT2D eigenvalue weighted by molar-refractivity contribution is -0.135. The van der Waals surface area contributed by atoms with E-state index >= 15 is 0 Å². The van der Waals surface area contributed by atoms with Crippen LogP contribution in [-0.4, -0.2) is 41.0 Å². The zero-order valence-corrected chi connectivity index (χ0v) is 14.6. The molecule has 5 heteroatoms. The Balaban J connectivity index is 1.74. The van der Waals surface area contributed by atoms with Gasteiger partial charge in [-0.1, -0.05) is 31.2 Å². The molecule has 1 aliphatic heterocycles. The fraction of sp³-hybridized carbons (Fsp3) is 0.579. The molecule has 1 aromatic rings. The van der Waals surface area contributed by atoms with E-state index < -0.39 is 0 Å². The summed E-state index contributed by atoms with van der Waals surface area (Å²) in [4.78, 5) is 25.9. The minimum absolute atomic E-state index is 0.00278. The highest BCUT2D eigenvalue weighted by molar-refractivity contribution is 5.84. The number of hydrogen-bond donors (Lipinski definition) is 2. The third-order valence-electron chi connectivity index (χ3n) is 4.65. The predicted octanol–water partition coefficient (Wildman–Crippen LogP) is 2.19. The fourth-order valence-corrected chi connectivity index (χ4v) is 2.93. The van der Waals surface area contributed by atoms with E-state index in [1.807, 2.05) is 19.1 Å². The summed E-state index contributed by atoms with van der Waals surface area (Å²) in [5, 5.41) is 12.4. The first-order chi connectivity index (χ1) is 11.5.